The lowest BCUT2D eigenvalue weighted by Gasteiger charge is -2.49. The molecule has 0 saturated heterocycles. The van der Waals surface area contributed by atoms with E-state index in [-0.39, 0.29) is 35.2 Å². The number of nitrogens with one attached hydrogen (secondary N) is 2. The first-order valence-electron chi connectivity index (χ1n) is 11.8. The van der Waals surface area contributed by atoms with Crippen LogP contribution in [0.4, 0.5) is 14.6 Å². The molecule has 0 radical (unpaired) electrons. The van der Waals surface area contributed by atoms with Crippen molar-refractivity contribution < 1.29 is 19.0 Å². The summed E-state index contributed by atoms with van der Waals surface area (Å²) in [5.41, 5.74) is 0.892. The van der Waals surface area contributed by atoms with Crippen molar-refractivity contribution in [1.29, 1.82) is 5.26 Å². The third-order valence-corrected chi connectivity index (χ3v) is 8.47. The number of hydrogen-bond acceptors (Lipinski definition) is 8. The molecule has 2 bridgehead atoms. The third kappa shape index (κ3) is 3.82. The van der Waals surface area contributed by atoms with E-state index in [1.165, 1.54) is 6.07 Å². The summed E-state index contributed by atoms with van der Waals surface area (Å²) < 4.78 is 29.9. The van der Waals surface area contributed by atoms with E-state index in [0.717, 1.165) is 43.2 Å². The fraction of sp³-hybridized carbons (Fsp3) is 0.360. The topological polar surface area (TPSA) is 131 Å². The van der Waals surface area contributed by atoms with Gasteiger partial charge in [-0.2, -0.15) is 5.26 Å². The van der Waals surface area contributed by atoms with Crippen molar-refractivity contribution >= 4 is 28.2 Å². The molecule has 11 heteroatoms. The summed E-state index contributed by atoms with van der Waals surface area (Å²) in [6.45, 7) is 0. The minimum Gasteiger partial charge on any atom is -0.368 e. The second-order valence-corrected chi connectivity index (χ2v) is 10.5. The fourth-order valence-electron chi connectivity index (χ4n) is 5.81. The van der Waals surface area contributed by atoms with E-state index in [2.05, 4.69) is 31.3 Å². The van der Waals surface area contributed by atoms with Crippen LogP contribution in [0.15, 0.2) is 30.6 Å². The smallest absolute Gasteiger partial charge is 0.192 e. The number of H-pyrrole nitrogens is 1. The molecule has 0 spiro atoms. The van der Waals surface area contributed by atoms with Gasteiger partial charge in [0.1, 0.15) is 28.1 Å². The predicted molar refractivity (Wildman–Crippen MR) is 130 cm³/mol. The van der Waals surface area contributed by atoms with E-state index >= 15 is 4.39 Å². The van der Waals surface area contributed by atoms with Gasteiger partial charge in [-0.15, -0.1) is 11.3 Å². The Hall–Kier alpha value is -3.46. The van der Waals surface area contributed by atoms with Crippen LogP contribution >= 0.6 is 11.3 Å². The van der Waals surface area contributed by atoms with E-state index in [0.29, 0.717) is 26.4 Å². The van der Waals surface area contributed by atoms with Gasteiger partial charge in [0, 0.05) is 29.1 Å². The van der Waals surface area contributed by atoms with Crippen LogP contribution in [0.3, 0.4) is 0 Å². The largest absolute Gasteiger partial charge is 0.368 e. The molecule has 36 heavy (non-hydrogen) atoms. The van der Waals surface area contributed by atoms with E-state index in [1.807, 2.05) is 0 Å². The summed E-state index contributed by atoms with van der Waals surface area (Å²) in [5.74, 6) is -1.29. The average molecular weight is 509 g/mol. The highest BCUT2D eigenvalue weighted by atomic mass is 32.1. The Morgan fingerprint density at radius 1 is 1.14 bits per heavy atom. The lowest BCUT2D eigenvalue weighted by atomic mass is 9.61. The van der Waals surface area contributed by atoms with Crippen LogP contribution in [0, 0.1) is 40.7 Å². The average Bonchev–Trinajstić information content (AvgIpc) is 3.53. The van der Waals surface area contributed by atoms with Gasteiger partial charge in [0.2, 0.25) is 0 Å². The van der Waals surface area contributed by atoms with Gasteiger partial charge < -0.3 is 20.5 Å². The maximum atomic E-state index is 15.9. The van der Waals surface area contributed by atoms with Gasteiger partial charge in [0.15, 0.2) is 23.7 Å². The first-order chi connectivity index (χ1) is 17.4. The highest BCUT2D eigenvalue weighted by Gasteiger charge is 2.47. The minimum atomic E-state index is -1.53. The number of aliphatic hydroxyl groups is 2. The van der Waals surface area contributed by atoms with E-state index in [9.17, 15) is 19.9 Å². The number of aromatic amines is 1. The number of pyridine rings is 1. The molecule has 0 aromatic carbocycles. The molecule has 4 heterocycles. The van der Waals surface area contributed by atoms with Crippen molar-refractivity contribution in [2.75, 3.05) is 5.32 Å². The zero-order valence-electron chi connectivity index (χ0n) is 18.9. The fourth-order valence-corrected chi connectivity index (χ4v) is 6.60. The first-order valence-corrected chi connectivity index (χ1v) is 12.6. The zero-order valence-corrected chi connectivity index (χ0v) is 19.8. The summed E-state index contributed by atoms with van der Waals surface area (Å²) >= 11 is 1.11. The Kier molecular flexibility index (Phi) is 5.67. The van der Waals surface area contributed by atoms with Crippen molar-refractivity contribution in [1.82, 2.24) is 19.9 Å². The Balaban J connectivity index is 1.50. The molecule has 3 aliphatic rings. The van der Waals surface area contributed by atoms with Crippen LogP contribution in [0.1, 0.15) is 30.6 Å². The number of fused-ring (bicyclic) bond motifs is 4. The van der Waals surface area contributed by atoms with Crippen LogP contribution in [-0.4, -0.2) is 42.5 Å². The molecule has 3 fully saturated rings. The number of nitrogens with zero attached hydrogens (tertiary/aromatic N) is 4. The Labute approximate surface area is 208 Å². The Bertz CT molecular complexity index is 1490. The Morgan fingerprint density at radius 3 is 2.64 bits per heavy atom. The summed E-state index contributed by atoms with van der Waals surface area (Å²) in [6, 6.07) is 6.21. The zero-order chi connectivity index (χ0) is 25.0. The third-order valence-electron chi connectivity index (χ3n) is 7.47. The van der Waals surface area contributed by atoms with Crippen molar-refractivity contribution in [2.24, 2.45) is 17.8 Å². The molecule has 0 amide bonds. The van der Waals surface area contributed by atoms with E-state index in [1.54, 1.807) is 18.3 Å². The van der Waals surface area contributed by atoms with Crippen molar-refractivity contribution in [3.05, 3.63) is 47.1 Å². The molecule has 3 saturated carbocycles. The predicted octanol–water partition coefficient (Wildman–Crippen LogP) is 4.43. The highest BCUT2D eigenvalue weighted by Crippen LogP contribution is 2.47. The number of halogens is 2. The summed E-state index contributed by atoms with van der Waals surface area (Å²) in [7, 11) is 0. The monoisotopic (exact) mass is 508 g/mol. The number of aromatic nitrogens is 4. The maximum absolute atomic E-state index is 15.9. The summed E-state index contributed by atoms with van der Waals surface area (Å²) in [4.78, 5) is 16.8. The summed E-state index contributed by atoms with van der Waals surface area (Å²) in [6.07, 6.45) is 4.82. The van der Waals surface area contributed by atoms with Gasteiger partial charge in [-0.25, -0.2) is 23.7 Å². The first kappa shape index (κ1) is 23.0. The number of thiophene rings is 1. The van der Waals surface area contributed by atoms with E-state index < -0.39 is 23.8 Å². The SMILES string of the molecule is N#Cc1ccc(-c2nc(-c3c[nH]c4ncc(F)cc34)nc(NC3C4CCC(CC4)C3C(O)O)c2F)s1. The standard InChI is InChI=1S/C25H22F2N6O2S/c26-13-7-15-16(10-30-22(15)29-9-13)23-32-21(17-6-5-14(8-28)36-17)19(27)24(33-23)31-20-12-3-1-11(2-4-12)18(20)25(34)35/h5-7,9-12,18,20,25,34-35H,1-4H2,(H,29,30)(H,31,32,33). The molecular weight excluding hydrogens is 486 g/mol. The number of rotatable bonds is 5. The van der Waals surface area contributed by atoms with Crippen molar-refractivity contribution in [3.8, 4) is 28.0 Å². The number of hydrogen-bond donors (Lipinski definition) is 4. The van der Waals surface area contributed by atoms with Crippen LogP contribution in [-0.2, 0) is 0 Å². The number of anilines is 1. The number of nitriles is 1. The second kappa shape index (κ2) is 8.89. The molecule has 2 unspecified atom stereocenters. The molecular formula is C25H22F2N6O2S. The molecule has 4 aromatic rings. The van der Waals surface area contributed by atoms with Gasteiger partial charge in [-0.3, -0.25) is 0 Å². The minimum absolute atomic E-state index is 0.00905. The quantitative estimate of drug-likeness (QED) is 0.294. The van der Waals surface area contributed by atoms with E-state index in [4.69, 9.17) is 0 Å². The highest BCUT2D eigenvalue weighted by molar-refractivity contribution is 7.15. The van der Waals surface area contributed by atoms with Gasteiger partial charge in [-0.1, -0.05) is 0 Å². The normalized spacial score (nSPS) is 23.3. The van der Waals surface area contributed by atoms with Crippen LogP contribution < -0.4 is 5.32 Å². The van der Waals surface area contributed by atoms with Crippen LogP contribution in [0.25, 0.3) is 33.0 Å². The molecule has 2 atom stereocenters. The van der Waals surface area contributed by atoms with Gasteiger partial charge in [0.05, 0.1) is 11.1 Å². The second-order valence-electron chi connectivity index (χ2n) is 9.42. The maximum Gasteiger partial charge on any atom is 0.192 e. The van der Waals surface area contributed by atoms with Gasteiger partial charge in [-0.05, 0) is 55.7 Å². The molecule has 7 rings (SSSR count). The van der Waals surface area contributed by atoms with Crippen LogP contribution in [0.5, 0.6) is 0 Å². The molecule has 4 aromatic heterocycles. The number of aliphatic hydroxyl groups excluding tert-OH is 1. The van der Waals surface area contributed by atoms with Crippen molar-refractivity contribution in [3.63, 3.8) is 0 Å². The van der Waals surface area contributed by atoms with Crippen molar-refractivity contribution in [2.45, 2.75) is 38.0 Å². The van der Waals surface area contributed by atoms with Crippen LogP contribution in [0.2, 0.25) is 0 Å². The molecule has 8 nitrogen and oxygen atoms in total. The lowest BCUT2D eigenvalue weighted by molar-refractivity contribution is -0.133. The molecule has 4 N–H and O–H groups in total. The summed E-state index contributed by atoms with van der Waals surface area (Å²) in [5, 5.41) is 33.2. The lowest BCUT2D eigenvalue weighted by Crippen LogP contribution is -2.53. The Morgan fingerprint density at radius 2 is 1.92 bits per heavy atom. The van der Waals surface area contributed by atoms with Gasteiger partial charge in [0.25, 0.3) is 0 Å². The molecule has 3 aliphatic carbocycles. The molecule has 184 valence electrons. The molecule has 0 aliphatic heterocycles. The van der Waals surface area contributed by atoms with Gasteiger partial charge >= 0.3 is 0 Å².